The summed E-state index contributed by atoms with van der Waals surface area (Å²) in [6, 6.07) is 7.31. The van der Waals surface area contributed by atoms with E-state index >= 15 is 0 Å². The summed E-state index contributed by atoms with van der Waals surface area (Å²) in [5, 5.41) is -0.370. The molecule has 6 heteroatoms. The molecule has 0 aliphatic heterocycles. The Balaban J connectivity index is 0.000000180. The summed E-state index contributed by atoms with van der Waals surface area (Å²) >= 11 is 10.4. The van der Waals surface area contributed by atoms with E-state index in [0.29, 0.717) is 0 Å². The van der Waals surface area contributed by atoms with Crippen molar-refractivity contribution in [2.45, 2.75) is 0 Å². The maximum atomic E-state index is 12.2. The zero-order chi connectivity index (χ0) is 13.7. The quantitative estimate of drug-likeness (QED) is 0.461. The second-order valence-electron chi connectivity index (χ2n) is 3.07. The van der Waals surface area contributed by atoms with E-state index in [2.05, 4.69) is 0 Å². The molecule has 0 aliphatic rings. The lowest BCUT2D eigenvalue weighted by molar-refractivity contribution is 0.509. The highest BCUT2D eigenvalue weighted by atomic mass is 35.5. The van der Waals surface area contributed by atoms with Crippen LogP contribution in [-0.4, -0.2) is 0 Å². The van der Waals surface area contributed by atoms with Crippen molar-refractivity contribution in [2.24, 2.45) is 0 Å². The van der Waals surface area contributed by atoms with Gasteiger partial charge in [0, 0.05) is 0 Å². The molecule has 2 aromatic rings. The Hall–Kier alpha value is -1.26. The Morgan fingerprint density at radius 3 is 1.17 bits per heavy atom. The molecule has 0 N–H and O–H groups in total. The van der Waals surface area contributed by atoms with E-state index in [9.17, 15) is 17.6 Å². The van der Waals surface area contributed by atoms with Gasteiger partial charge in [-0.3, -0.25) is 0 Å². The van der Waals surface area contributed by atoms with Crippen LogP contribution in [-0.2, 0) is 0 Å². The summed E-state index contributed by atoms with van der Waals surface area (Å²) in [6.45, 7) is 0. The number of halogens is 6. The molecule has 0 nitrogen and oxygen atoms in total. The molecule has 0 unspecified atom stereocenters. The van der Waals surface area contributed by atoms with Gasteiger partial charge in [0.2, 0.25) is 0 Å². The van der Waals surface area contributed by atoms with Crippen molar-refractivity contribution < 1.29 is 17.6 Å². The standard InChI is InChI=1S/2C6H3ClF2/c2*7-4-2-1-3-5(8)6(4)9/h2*1-3H. The van der Waals surface area contributed by atoms with E-state index in [4.69, 9.17) is 23.2 Å². The fraction of sp³-hybridized carbons (Fsp3) is 0. The van der Waals surface area contributed by atoms with Gasteiger partial charge in [-0.25, -0.2) is 17.6 Å². The lowest BCUT2D eigenvalue weighted by Crippen LogP contribution is -1.81. The van der Waals surface area contributed by atoms with E-state index < -0.39 is 23.3 Å². The van der Waals surface area contributed by atoms with Crippen LogP contribution in [0, 0.1) is 23.3 Å². The van der Waals surface area contributed by atoms with Crippen LogP contribution in [0.4, 0.5) is 17.6 Å². The fourth-order valence-corrected chi connectivity index (χ4v) is 1.28. The predicted molar refractivity (Wildman–Crippen MR) is 62.7 cm³/mol. The number of hydrogen-bond donors (Lipinski definition) is 0. The Morgan fingerprint density at radius 1 is 0.611 bits per heavy atom. The van der Waals surface area contributed by atoms with E-state index in [1.54, 1.807) is 0 Å². The van der Waals surface area contributed by atoms with Gasteiger partial charge in [-0.15, -0.1) is 0 Å². The molecule has 96 valence electrons. The van der Waals surface area contributed by atoms with Gasteiger partial charge in [0.05, 0.1) is 10.0 Å². The third kappa shape index (κ3) is 3.89. The van der Waals surface area contributed by atoms with Gasteiger partial charge >= 0.3 is 0 Å². The fourth-order valence-electron chi connectivity index (χ4n) is 0.955. The van der Waals surface area contributed by atoms with Crippen LogP contribution in [0.1, 0.15) is 0 Å². The molecule has 0 saturated carbocycles. The number of rotatable bonds is 0. The van der Waals surface area contributed by atoms with E-state index in [-0.39, 0.29) is 10.0 Å². The van der Waals surface area contributed by atoms with Crippen LogP contribution < -0.4 is 0 Å². The highest BCUT2D eigenvalue weighted by molar-refractivity contribution is 6.31. The van der Waals surface area contributed by atoms with E-state index in [0.717, 1.165) is 12.1 Å². The average molecular weight is 297 g/mol. The molecule has 0 heterocycles. The minimum absolute atomic E-state index is 0.185. The van der Waals surface area contributed by atoms with Gasteiger partial charge in [-0.05, 0) is 24.3 Å². The Labute approximate surface area is 111 Å². The van der Waals surface area contributed by atoms with Crippen molar-refractivity contribution in [3.8, 4) is 0 Å². The molecule has 0 spiro atoms. The molecule has 2 aromatic carbocycles. The molecule has 0 atom stereocenters. The topological polar surface area (TPSA) is 0 Å². The van der Waals surface area contributed by atoms with Gasteiger partial charge < -0.3 is 0 Å². The third-order valence-corrected chi connectivity index (χ3v) is 2.39. The highest BCUT2D eigenvalue weighted by Crippen LogP contribution is 2.16. The summed E-state index contributed by atoms with van der Waals surface area (Å²) < 4.78 is 48.7. The molecular weight excluding hydrogens is 291 g/mol. The summed E-state index contributed by atoms with van der Waals surface area (Å²) in [5.41, 5.74) is 0. The maximum absolute atomic E-state index is 12.2. The van der Waals surface area contributed by atoms with Crippen LogP contribution in [0.2, 0.25) is 10.0 Å². The molecule has 2 rings (SSSR count). The Kier molecular flexibility index (Phi) is 5.44. The lowest BCUT2D eigenvalue weighted by atomic mass is 10.3. The first kappa shape index (κ1) is 14.8. The van der Waals surface area contributed by atoms with E-state index in [1.165, 1.54) is 24.3 Å². The van der Waals surface area contributed by atoms with Gasteiger partial charge in [0.15, 0.2) is 23.3 Å². The maximum Gasteiger partial charge on any atom is 0.177 e. The summed E-state index contributed by atoms with van der Waals surface area (Å²) in [5.74, 6) is -3.80. The molecule has 0 saturated heterocycles. The normalized spacial score (nSPS) is 9.67. The van der Waals surface area contributed by atoms with Crippen LogP contribution in [0.5, 0.6) is 0 Å². The van der Waals surface area contributed by atoms with Crippen molar-refractivity contribution in [2.75, 3.05) is 0 Å². The average Bonchev–Trinajstić information content (AvgIpc) is 2.34. The Morgan fingerprint density at radius 2 is 0.944 bits per heavy atom. The Bertz CT molecular complexity index is 454. The zero-order valence-electron chi connectivity index (χ0n) is 8.73. The summed E-state index contributed by atoms with van der Waals surface area (Å²) in [4.78, 5) is 0. The molecular formula is C12H6Cl2F4. The molecule has 0 radical (unpaired) electrons. The molecule has 0 bridgehead atoms. The van der Waals surface area contributed by atoms with Crippen molar-refractivity contribution in [3.63, 3.8) is 0 Å². The minimum atomic E-state index is -0.987. The molecule has 0 amide bonds. The smallest absolute Gasteiger partial charge is 0.177 e. The van der Waals surface area contributed by atoms with Gasteiger partial charge in [-0.2, -0.15) is 0 Å². The SMILES string of the molecule is Fc1cccc(Cl)c1F.Fc1cccc(Cl)c1F. The summed E-state index contributed by atoms with van der Waals surface area (Å²) in [6.07, 6.45) is 0. The zero-order valence-corrected chi connectivity index (χ0v) is 10.2. The summed E-state index contributed by atoms with van der Waals surface area (Å²) in [7, 11) is 0. The first-order chi connectivity index (χ1) is 8.43. The lowest BCUT2D eigenvalue weighted by Gasteiger charge is -1.91. The van der Waals surface area contributed by atoms with Crippen molar-refractivity contribution >= 4 is 23.2 Å². The number of benzene rings is 2. The molecule has 18 heavy (non-hydrogen) atoms. The first-order valence-electron chi connectivity index (χ1n) is 4.62. The van der Waals surface area contributed by atoms with Crippen LogP contribution in [0.25, 0.3) is 0 Å². The second-order valence-corrected chi connectivity index (χ2v) is 3.89. The first-order valence-corrected chi connectivity index (χ1v) is 5.38. The van der Waals surface area contributed by atoms with Crippen molar-refractivity contribution in [3.05, 3.63) is 69.7 Å². The highest BCUT2D eigenvalue weighted by Gasteiger charge is 2.03. The molecule has 0 aromatic heterocycles. The third-order valence-electron chi connectivity index (χ3n) is 1.81. The second kappa shape index (κ2) is 6.61. The van der Waals surface area contributed by atoms with Crippen LogP contribution >= 0.6 is 23.2 Å². The monoisotopic (exact) mass is 296 g/mol. The van der Waals surface area contributed by atoms with E-state index in [1.807, 2.05) is 0 Å². The molecule has 0 aliphatic carbocycles. The van der Waals surface area contributed by atoms with Gasteiger partial charge in [-0.1, -0.05) is 35.3 Å². The largest absolute Gasteiger partial charge is 0.204 e. The number of hydrogen-bond acceptors (Lipinski definition) is 0. The predicted octanol–water partition coefficient (Wildman–Crippen LogP) is 5.24. The van der Waals surface area contributed by atoms with Crippen LogP contribution in [0.15, 0.2) is 36.4 Å². The van der Waals surface area contributed by atoms with Crippen molar-refractivity contribution in [1.82, 2.24) is 0 Å². The van der Waals surface area contributed by atoms with Crippen LogP contribution in [0.3, 0.4) is 0 Å². The van der Waals surface area contributed by atoms with Gasteiger partial charge in [0.1, 0.15) is 0 Å². The minimum Gasteiger partial charge on any atom is -0.204 e. The van der Waals surface area contributed by atoms with Crippen molar-refractivity contribution in [1.29, 1.82) is 0 Å². The molecule has 0 fully saturated rings. The van der Waals surface area contributed by atoms with Gasteiger partial charge in [0.25, 0.3) is 0 Å².